The number of aliphatic hydroxyl groups is 1. The minimum atomic E-state index is 0.211. The molecule has 0 spiro atoms. The van der Waals surface area contributed by atoms with E-state index in [-0.39, 0.29) is 24.0 Å². The number of aromatic hydroxyl groups is 2. The molecular weight excluding hydrogens is 877 g/mol. The second-order valence-electron chi connectivity index (χ2n) is 21.0. The molecule has 1 aromatic heterocycles. The largest absolute Gasteiger partial charge is 0.508 e. The van der Waals surface area contributed by atoms with Gasteiger partial charge in [0, 0.05) is 66.4 Å². The van der Waals surface area contributed by atoms with Gasteiger partial charge < -0.3 is 35.3 Å². The van der Waals surface area contributed by atoms with Crippen molar-refractivity contribution in [1.29, 1.82) is 0 Å². The van der Waals surface area contributed by atoms with E-state index in [2.05, 4.69) is 125 Å². The number of hydrogen-bond donors (Lipinski definition) is 5. The van der Waals surface area contributed by atoms with E-state index in [0.29, 0.717) is 37.5 Å². The van der Waals surface area contributed by atoms with Crippen LogP contribution in [0.15, 0.2) is 146 Å². The number of para-hydroxylation sites is 3. The molecule has 14 rings (SSSR count). The Morgan fingerprint density at radius 3 is 2.04 bits per heavy atom. The van der Waals surface area contributed by atoms with Gasteiger partial charge in [0.05, 0.1) is 18.3 Å². The number of nitrogens with one attached hydrogen (secondary N) is 2. The molecule has 0 amide bonds. The highest BCUT2D eigenvalue weighted by Gasteiger charge is 2.38. The molecule has 1 unspecified atom stereocenters. The first-order chi connectivity index (χ1) is 35.0. The van der Waals surface area contributed by atoms with Gasteiger partial charge in [-0.05, 0) is 144 Å². The summed E-state index contributed by atoms with van der Waals surface area (Å²) >= 11 is 0. The van der Waals surface area contributed by atoms with Gasteiger partial charge in [-0.15, -0.1) is 0 Å². The lowest BCUT2D eigenvalue weighted by Crippen LogP contribution is -2.32. The number of anilines is 1. The van der Waals surface area contributed by atoms with E-state index in [1.807, 2.05) is 29.2 Å². The molecule has 7 aliphatic rings. The molecule has 4 fully saturated rings. The van der Waals surface area contributed by atoms with Crippen LogP contribution in [-0.2, 0) is 25.9 Å². The Labute approximate surface area is 420 Å². The third kappa shape index (κ3) is 10.3. The van der Waals surface area contributed by atoms with Crippen molar-refractivity contribution < 1.29 is 20.1 Å². The molecular formula is C63H70N4O4. The minimum absolute atomic E-state index is 0.211. The number of fused-ring (bicyclic) bond motifs is 10. The van der Waals surface area contributed by atoms with Crippen molar-refractivity contribution in [3.8, 4) is 28.4 Å². The third-order valence-electron chi connectivity index (χ3n) is 16.5. The standard InChI is InChI=1S/C21H26N2O3.C21H21NO.C21H23N/c24-19-11-16(13-23-14-26-21-9-5-4-8-18(21)23)20(25)10-15(19)12-22-17-6-2-1-3-7-17;23-14-17(19-12-11-15-5-1-2-6-18(15)19)10-9-16-13-22-21-8-4-3-7-20(16)21;1-3-7-19-17(5-1)18-6-2-4-8-20(18)21(19)22-13-15-9-10-16(14-22)12-11-15/h4-5,8-11,17,22,24-25H,1-3,6-7,12-14H2;1-8,12-13,17,22-23H,9-11,14H2;1-8,15-16,21H,9-14H2. The molecule has 366 valence electrons. The van der Waals surface area contributed by atoms with Crippen LogP contribution in [0.2, 0.25) is 0 Å². The fourth-order valence-electron chi connectivity index (χ4n) is 12.7. The summed E-state index contributed by atoms with van der Waals surface area (Å²) in [7, 11) is 0. The zero-order chi connectivity index (χ0) is 48.1. The van der Waals surface area contributed by atoms with E-state index in [0.717, 1.165) is 48.1 Å². The average molecular weight is 947 g/mol. The van der Waals surface area contributed by atoms with E-state index in [1.165, 1.54) is 126 Å². The topological polar surface area (TPSA) is 104 Å². The van der Waals surface area contributed by atoms with Crippen LogP contribution in [0.5, 0.6) is 17.2 Å². The number of phenols is 2. The van der Waals surface area contributed by atoms with E-state index in [9.17, 15) is 15.3 Å². The van der Waals surface area contributed by atoms with Crippen molar-refractivity contribution in [2.45, 2.75) is 102 Å². The summed E-state index contributed by atoms with van der Waals surface area (Å²) in [5, 5.41) is 35.6. The predicted octanol–water partition coefficient (Wildman–Crippen LogP) is 13.1. The van der Waals surface area contributed by atoms with Gasteiger partial charge in [0.2, 0.25) is 0 Å². The van der Waals surface area contributed by atoms with Crippen molar-refractivity contribution in [1.82, 2.24) is 15.2 Å². The van der Waals surface area contributed by atoms with Crippen LogP contribution >= 0.6 is 0 Å². The van der Waals surface area contributed by atoms with Crippen LogP contribution in [0.25, 0.3) is 27.6 Å². The van der Waals surface area contributed by atoms with E-state index in [4.69, 9.17) is 4.74 Å². The quantitative estimate of drug-likeness (QED) is 0.0823. The molecule has 0 radical (unpaired) electrons. The highest BCUT2D eigenvalue weighted by atomic mass is 16.5. The molecule has 4 aliphatic carbocycles. The molecule has 7 aromatic rings. The summed E-state index contributed by atoms with van der Waals surface area (Å²) in [6, 6.07) is 47.3. The van der Waals surface area contributed by atoms with Crippen LogP contribution < -0.4 is 15.0 Å². The van der Waals surface area contributed by atoms with Crippen molar-refractivity contribution in [3.63, 3.8) is 0 Å². The number of H-pyrrole nitrogens is 1. The number of phenolic OH excluding ortho intramolecular Hbond substituents is 2. The van der Waals surface area contributed by atoms with Crippen molar-refractivity contribution in [3.05, 3.63) is 185 Å². The lowest BCUT2D eigenvalue weighted by atomic mass is 9.84. The molecule has 71 heavy (non-hydrogen) atoms. The number of aromatic amines is 1. The Morgan fingerprint density at radius 1 is 0.662 bits per heavy atom. The molecule has 3 aliphatic heterocycles. The first-order valence-corrected chi connectivity index (χ1v) is 26.6. The lowest BCUT2D eigenvalue weighted by molar-refractivity contribution is 0.210. The maximum Gasteiger partial charge on any atom is 0.162 e. The van der Waals surface area contributed by atoms with Gasteiger partial charge >= 0.3 is 0 Å². The van der Waals surface area contributed by atoms with Crippen LogP contribution in [0.4, 0.5) is 5.69 Å². The van der Waals surface area contributed by atoms with Crippen LogP contribution in [0, 0.1) is 17.8 Å². The number of aromatic nitrogens is 1. The predicted molar refractivity (Wildman–Crippen MR) is 288 cm³/mol. The zero-order valence-electron chi connectivity index (χ0n) is 41.1. The van der Waals surface area contributed by atoms with E-state index >= 15 is 0 Å². The lowest BCUT2D eigenvalue weighted by Gasteiger charge is -2.30. The average Bonchev–Trinajstić information content (AvgIpc) is 4.16. The molecule has 6 aromatic carbocycles. The van der Waals surface area contributed by atoms with Crippen molar-refractivity contribution in [2.75, 3.05) is 31.3 Å². The number of ether oxygens (including phenoxy) is 1. The van der Waals surface area contributed by atoms with E-state index in [1.54, 1.807) is 12.1 Å². The van der Waals surface area contributed by atoms with Gasteiger partial charge in [0.1, 0.15) is 17.2 Å². The Hall–Kier alpha value is -6.32. The second kappa shape index (κ2) is 21.6. The Morgan fingerprint density at radius 2 is 1.30 bits per heavy atom. The zero-order valence-corrected chi connectivity index (χ0v) is 41.1. The van der Waals surface area contributed by atoms with Crippen LogP contribution in [0.1, 0.15) is 109 Å². The normalized spacial score (nSPS) is 19.6. The van der Waals surface area contributed by atoms with Gasteiger partial charge in [-0.3, -0.25) is 4.90 Å². The first-order valence-electron chi connectivity index (χ1n) is 26.6. The summed E-state index contributed by atoms with van der Waals surface area (Å²) in [5.74, 6) is 3.37. The molecule has 8 nitrogen and oxygen atoms in total. The van der Waals surface area contributed by atoms with Crippen LogP contribution in [-0.4, -0.2) is 57.7 Å². The minimum Gasteiger partial charge on any atom is -0.508 e. The maximum atomic E-state index is 10.5. The summed E-state index contributed by atoms with van der Waals surface area (Å²) in [6.07, 6.45) is 19.4. The number of nitrogens with zero attached hydrogens (tertiary/aromatic N) is 2. The van der Waals surface area contributed by atoms with Gasteiger partial charge in [0.15, 0.2) is 6.73 Å². The molecule has 2 saturated carbocycles. The second-order valence-corrected chi connectivity index (χ2v) is 21.0. The number of rotatable bonds is 11. The number of aliphatic hydroxyl groups excluding tert-OH is 1. The van der Waals surface area contributed by atoms with Gasteiger partial charge in [-0.25, -0.2) is 0 Å². The molecule has 5 N–H and O–H groups in total. The maximum absolute atomic E-state index is 10.5. The summed E-state index contributed by atoms with van der Waals surface area (Å²) < 4.78 is 5.65. The summed E-state index contributed by atoms with van der Waals surface area (Å²) in [6.45, 7) is 4.33. The Bertz CT molecular complexity index is 2900. The van der Waals surface area contributed by atoms with Crippen LogP contribution in [0.3, 0.4) is 0 Å². The summed E-state index contributed by atoms with van der Waals surface area (Å²) in [4.78, 5) is 8.19. The molecule has 2 bridgehead atoms. The van der Waals surface area contributed by atoms with E-state index < -0.39 is 0 Å². The number of benzene rings is 6. The fourth-order valence-corrected chi connectivity index (χ4v) is 12.7. The number of hydrogen-bond acceptors (Lipinski definition) is 7. The van der Waals surface area contributed by atoms with Gasteiger partial charge in [0.25, 0.3) is 0 Å². The van der Waals surface area contributed by atoms with Gasteiger partial charge in [-0.2, -0.15) is 0 Å². The molecule has 4 heterocycles. The van der Waals surface area contributed by atoms with Crippen molar-refractivity contribution in [2.24, 2.45) is 17.8 Å². The Kier molecular flexibility index (Phi) is 14.3. The number of aryl methyl sites for hydroxylation is 1. The molecule has 2 saturated heterocycles. The number of allylic oxidation sites excluding steroid dienone is 1. The SMILES string of the molecule is OCC(CCc1c[nH]c2ccccc12)C1=CCc2ccccc21.Oc1cc(CN2COc3ccccc32)c(O)cc1CNC1CCCCC1.c1ccc2c(c1)-c1ccccc1C2N1CC2CCC(CC2)C1. The first kappa shape index (κ1) is 47.0. The molecule has 8 heteroatoms. The smallest absolute Gasteiger partial charge is 0.162 e. The Balaban J connectivity index is 0.000000116. The summed E-state index contributed by atoms with van der Waals surface area (Å²) in [5.41, 5.74) is 15.0. The highest BCUT2D eigenvalue weighted by molar-refractivity contribution is 5.83. The van der Waals surface area contributed by atoms with Gasteiger partial charge in [-0.1, -0.05) is 128 Å². The third-order valence-corrected chi connectivity index (χ3v) is 16.5. The molecule has 1 atom stereocenters. The fraction of sp³-hybridized carbons (Fsp3) is 0.365. The monoisotopic (exact) mass is 947 g/mol. The van der Waals surface area contributed by atoms with Crippen molar-refractivity contribution >= 4 is 22.2 Å². The highest BCUT2D eigenvalue weighted by Crippen LogP contribution is 2.49.